The third kappa shape index (κ3) is 1.50. The molecule has 1 radical (unpaired) electrons. The number of hydrogen-bond acceptors (Lipinski definition) is 1. The highest BCUT2D eigenvalue weighted by molar-refractivity contribution is 4.80. The van der Waals surface area contributed by atoms with E-state index in [-0.39, 0.29) is 6.61 Å². The van der Waals surface area contributed by atoms with E-state index in [0.29, 0.717) is 12.1 Å². The van der Waals surface area contributed by atoms with Crippen LogP contribution in [0.3, 0.4) is 0 Å². The molecule has 1 atom stereocenters. The van der Waals surface area contributed by atoms with E-state index in [2.05, 4.69) is 18.7 Å². The number of likely N-dealkylation sites (tertiary alicyclic amines) is 1. The van der Waals surface area contributed by atoms with Gasteiger partial charge < -0.3 is 0 Å². The fourth-order valence-corrected chi connectivity index (χ4v) is 1.72. The number of nitrogens with zero attached hydrogens (tertiary/aromatic N) is 1. The molecule has 0 amide bonds. The lowest BCUT2D eigenvalue weighted by molar-refractivity contribution is 0.0900. The van der Waals surface area contributed by atoms with Gasteiger partial charge in [0, 0.05) is 12.1 Å². The lowest BCUT2D eigenvalue weighted by Gasteiger charge is -2.25. The Morgan fingerprint density at radius 3 is 2.70 bits per heavy atom. The SMILES string of the molecule is CC(C)N1CCCC1C[O]. The Balaban J connectivity index is 2.42. The van der Waals surface area contributed by atoms with E-state index < -0.39 is 0 Å². The van der Waals surface area contributed by atoms with Crippen LogP contribution in [0.1, 0.15) is 26.7 Å². The van der Waals surface area contributed by atoms with E-state index in [1.807, 2.05) is 0 Å². The summed E-state index contributed by atoms with van der Waals surface area (Å²) in [7, 11) is 0. The van der Waals surface area contributed by atoms with Crippen LogP contribution in [0, 0.1) is 0 Å². The fraction of sp³-hybridized carbons (Fsp3) is 1.00. The number of rotatable bonds is 2. The molecular weight excluding hydrogens is 126 g/mol. The van der Waals surface area contributed by atoms with Gasteiger partial charge in [-0.2, -0.15) is 0 Å². The quantitative estimate of drug-likeness (QED) is 0.569. The summed E-state index contributed by atoms with van der Waals surface area (Å²) in [6.45, 7) is 5.53. The highest BCUT2D eigenvalue weighted by atomic mass is 16.3. The molecule has 1 aliphatic heterocycles. The molecule has 2 heteroatoms. The minimum absolute atomic E-state index is 0.0815. The summed E-state index contributed by atoms with van der Waals surface area (Å²) in [5, 5.41) is 10.6. The summed E-state index contributed by atoms with van der Waals surface area (Å²) in [6, 6.07) is 0.890. The minimum atomic E-state index is 0.0815. The van der Waals surface area contributed by atoms with Gasteiger partial charge >= 0.3 is 0 Å². The van der Waals surface area contributed by atoms with Crippen molar-refractivity contribution in [2.75, 3.05) is 13.2 Å². The Labute approximate surface area is 62.8 Å². The van der Waals surface area contributed by atoms with E-state index in [4.69, 9.17) is 0 Å². The molecule has 1 saturated heterocycles. The van der Waals surface area contributed by atoms with Crippen LogP contribution >= 0.6 is 0 Å². The first kappa shape index (κ1) is 8.02. The maximum absolute atomic E-state index is 10.6. The Kier molecular flexibility index (Phi) is 2.69. The van der Waals surface area contributed by atoms with Crippen molar-refractivity contribution >= 4 is 0 Å². The second-order valence-electron chi connectivity index (χ2n) is 3.29. The van der Waals surface area contributed by atoms with Crippen LogP contribution in [0.4, 0.5) is 0 Å². The van der Waals surface area contributed by atoms with Crippen molar-refractivity contribution in [3.8, 4) is 0 Å². The lowest BCUT2D eigenvalue weighted by Crippen LogP contribution is -2.37. The molecule has 0 saturated carbocycles. The third-order valence-electron chi connectivity index (χ3n) is 2.28. The largest absolute Gasteiger partial charge is 0.296 e. The van der Waals surface area contributed by atoms with Gasteiger partial charge in [-0.1, -0.05) is 0 Å². The van der Waals surface area contributed by atoms with Crippen LogP contribution in [0.5, 0.6) is 0 Å². The Hall–Kier alpha value is -0.0800. The first-order chi connectivity index (χ1) is 4.75. The zero-order valence-corrected chi connectivity index (χ0v) is 6.84. The van der Waals surface area contributed by atoms with E-state index in [9.17, 15) is 5.11 Å². The predicted octanol–water partition coefficient (Wildman–Crippen LogP) is 1.29. The van der Waals surface area contributed by atoms with E-state index in [1.165, 1.54) is 6.42 Å². The molecule has 0 aromatic rings. The highest BCUT2D eigenvalue weighted by Gasteiger charge is 2.25. The van der Waals surface area contributed by atoms with Crippen molar-refractivity contribution in [2.45, 2.75) is 38.8 Å². The molecule has 1 fully saturated rings. The molecule has 0 spiro atoms. The van der Waals surface area contributed by atoms with Crippen molar-refractivity contribution in [3.05, 3.63) is 0 Å². The van der Waals surface area contributed by atoms with Crippen molar-refractivity contribution in [2.24, 2.45) is 0 Å². The Morgan fingerprint density at radius 2 is 2.30 bits per heavy atom. The minimum Gasteiger partial charge on any atom is -0.296 e. The summed E-state index contributed by atoms with van der Waals surface area (Å²) in [4.78, 5) is 2.31. The van der Waals surface area contributed by atoms with Gasteiger partial charge in [0.05, 0.1) is 6.61 Å². The number of hydrogen-bond donors (Lipinski definition) is 0. The summed E-state index contributed by atoms with van der Waals surface area (Å²) < 4.78 is 0. The molecule has 2 nitrogen and oxygen atoms in total. The molecule has 0 bridgehead atoms. The van der Waals surface area contributed by atoms with Gasteiger partial charge in [-0.05, 0) is 33.2 Å². The standard InChI is InChI=1S/C8H16NO/c1-7(2)9-5-3-4-8(9)6-10/h7-8H,3-6H2,1-2H3. The normalized spacial score (nSPS) is 28.2. The summed E-state index contributed by atoms with van der Waals surface area (Å²) in [6.07, 6.45) is 2.33. The second kappa shape index (κ2) is 3.35. The van der Waals surface area contributed by atoms with E-state index in [1.54, 1.807) is 0 Å². The fourth-order valence-electron chi connectivity index (χ4n) is 1.72. The molecule has 59 valence electrons. The van der Waals surface area contributed by atoms with Gasteiger partial charge in [0.1, 0.15) is 0 Å². The Bertz CT molecular complexity index is 103. The smallest absolute Gasteiger partial charge is 0.0977 e. The maximum atomic E-state index is 10.6. The zero-order chi connectivity index (χ0) is 7.56. The van der Waals surface area contributed by atoms with Gasteiger partial charge in [-0.25, -0.2) is 5.11 Å². The van der Waals surface area contributed by atoms with E-state index in [0.717, 1.165) is 13.0 Å². The molecule has 1 heterocycles. The molecule has 10 heavy (non-hydrogen) atoms. The summed E-state index contributed by atoms with van der Waals surface area (Å²) >= 11 is 0. The van der Waals surface area contributed by atoms with Crippen molar-refractivity contribution < 1.29 is 5.11 Å². The second-order valence-corrected chi connectivity index (χ2v) is 3.29. The molecular formula is C8H16NO. The summed E-state index contributed by atoms with van der Waals surface area (Å²) in [5.41, 5.74) is 0. The van der Waals surface area contributed by atoms with Crippen LogP contribution in [0.25, 0.3) is 0 Å². The maximum Gasteiger partial charge on any atom is 0.0977 e. The molecule has 1 unspecified atom stereocenters. The average Bonchev–Trinajstić information content (AvgIpc) is 2.33. The molecule has 0 aromatic heterocycles. The van der Waals surface area contributed by atoms with Crippen molar-refractivity contribution in [1.82, 2.24) is 4.90 Å². The average molecular weight is 142 g/mol. The van der Waals surface area contributed by atoms with Crippen molar-refractivity contribution in [1.29, 1.82) is 0 Å². The van der Waals surface area contributed by atoms with Gasteiger partial charge in [0.25, 0.3) is 0 Å². The van der Waals surface area contributed by atoms with E-state index >= 15 is 0 Å². The van der Waals surface area contributed by atoms with Gasteiger partial charge in [-0.3, -0.25) is 4.90 Å². The van der Waals surface area contributed by atoms with Crippen LogP contribution in [-0.2, 0) is 5.11 Å². The van der Waals surface area contributed by atoms with Crippen LogP contribution < -0.4 is 0 Å². The monoisotopic (exact) mass is 142 g/mol. The van der Waals surface area contributed by atoms with Gasteiger partial charge in [0.2, 0.25) is 0 Å². The highest BCUT2D eigenvalue weighted by Crippen LogP contribution is 2.18. The first-order valence-corrected chi connectivity index (χ1v) is 4.09. The van der Waals surface area contributed by atoms with Gasteiger partial charge in [0.15, 0.2) is 0 Å². The summed E-state index contributed by atoms with van der Waals surface area (Å²) in [5.74, 6) is 0. The van der Waals surface area contributed by atoms with Gasteiger partial charge in [-0.15, -0.1) is 0 Å². The Morgan fingerprint density at radius 1 is 1.60 bits per heavy atom. The van der Waals surface area contributed by atoms with Crippen LogP contribution in [0.15, 0.2) is 0 Å². The molecule has 0 aromatic carbocycles. The predicted molar refractivity (Wildman–Crippen MR) is 40.4 cm³/mol. The molecule has 1 rings (SSSR count). The van der Waals surface area contributed by atoms with Crippen LogP contribution in [0.2, 0.25) is 0 Å². The zero-order valence-electron chi connectivity index (χ0n) is 6.84. The first-order valence-electron chi connectivity index (χ1n) is 4.09. The van der Waals surface area contributed by atoms with Crippen LogP contribution in [-0.4, -0.2) is 30.1 Å². The lowest BCUT2D eigenvalue weighted by atomic mass is 10.2. The third-order valence-corrected chi connectivity index (χ3v) is 2.28. The van der Waals surface area contributed by atoms with Crippen molar-refractivity contribution in [3.63, 3.8) is 0 Å². The molecule has 0 N–H and O–H groups in total. The topological polar surface area (TPSA) is 23.1 Å². The molecule has 1 aliphatic rings. The molecule has 0 aliphatic carbocycles.